The van der Waals surface area contributed by atoms with Crippen LogP contribution in [0.4, 0.5) is 0 Å². The molecule has 0 fully saturated rings. The number of aromatic nitrogens is 4. The zero-order valence-corrected chi connectivity index (χ0v) is 20.4. The average molecular weight is 499 g/mol. The lowest BCUT2D eigenvalue weighted by atomic mass is 10.1. The Morgan fingerprint density at radius 3 is 2.71 bits per heavy atom. The SMILES string of the molecule is CCOC(=O)C(C)Sc1nc2[nH]c(=O)n(C)c(=O)c2n1CC(O)COc1cccc2ccccc12. The van der Waals surface area contributed by atoms with E-state index in [0.29, 0.717) is 10.9 Å². The van der Waals surface area contributed by atoms with Gasteiger partial charge in [-0.2, -0.15) is 0 Å². The molecule has 2 N–H and O–H groups in total. The third kappa shape index (κ3) is 5.10. The highest BCUT2D eigenvalue weighted by Crippen LogP contribution is 2.27. The van der Waals surface area contributed by atoms with E-state index in [-0.39, 0.29) is 30.9 Å². The topological polar surface area (TPSA) is 128 Å². The lowest BCUT2D eigenvalue weighted by molar-refractivity contribution is -0.142. The summed E-state index contributed by atoms with van der Waals surface area (Å²) >= 11 is 1.08. The van der Waals surface area contributed by atoms with Crippen molar-refractivity contribution in [3.63, 3.8) is 0 Å². The molecule has 4 rings (SSSR count). The molecule has 0 aliphatic rings. The quantitative estimate of drug-likeness (QED) is 0.265. The maximum Gasteiger partial charge on any atom is 0.329 e. The molecule has 2 unspecified atom stereocenters. The van der Waals surface area contributed by atoms with Gasteiger partial charge in [0.1, 0.15) is 23.7 Å². The van der Waals surface area contributed by atoms with Crippen molar-refractivity contribution in [1.29, 1.82) is 0 Å². The molecule has 2 aromatic carbocycles. The molecule has 0 amide bonds. The minimum Gasteiger partial charge on any atom is -0.490 e. The molecule has 11 heteroatoms. The van der Waals surface area contributed by atoms with Gasteiger partial charge in [0.15, 0.2) is 16.3 Å². The van der Waals surface area contributed by atoms with E-state index in [1.54, 1.807) is 13.8 Å². The Bertz CT molecular complexity index is 1490. The predicted octanol–water partition coefficient (Wildman–Crippen LogP) is 2.06. The minimum absolute atomic E-state index is 0.0412. The van der Waals surface area contributed by atoms with Crippen molar-refractivity contribution >= 4 is 39.7 Å². The Balaban J connectivity index is 1.63. The molecule has 4 aromatic rings. The largest absolute Gasteiger partial charge is 0.490 e. The molecule has 0 saturated carbocycles. The van der Waals surface area contributed by atoms with Crippen LogP contribution in [0.5, 0.6) is 5.75 Å². The normalized spacial score (nSPS) is 13.1. The van der Waals surface area contributed by atoms with Crippen molar-refractivity contribution in [2.45, 2.75) is 36.9 Å². The summed E-state index contributed by atoms with van der Waals surface area (Å²) in [5, 5.41) is 12.4. The highest BCUT2D eigenvalue weighted by atomic mass is 32.2. The number of rotatable bonds is 9. The summed E-state index contributed by atoms with van der Waals surface area (Å²) in [7, 11) is 1.35. The molecule has 0 spiro atoms. The molecule has 184 valence electrons. The van der Waals surface area contributed by atoms with Crippen LogP contribution in [-0.2, 0) is 23.1 Å². The van der Waals surface area contributed by atoms with Crippen LogP contribution < -0.4 is 16.0 Å². The van der Waals surface area contributed by atoms with Crippen LogP contribution in [0, 0.1) is 0 Å². The summed E-state index contributed by atoms with van der Waals surface area (Å²) in [6.07, 6.45) is -1.01. The first-order chi connectivity index (χ1) is 16.8. The number of aliphatic hydroxyl groups excluding tert-OH is 1. The molecule has 10 nitrogen and oxygen atoms in total. The van der Waals surface area contributed by atoms with Gasteiger partial charge in [-0.25, -0.2) is 9.78 Å². The Labute approximate surface area is 204 Å². The molecule has 2 aromatic heterocycles. The number of carbonyl (C=O) groups is 1. The van der Waals surface area contributed by atoms with E-state index in [9.17, 15) is 19.5 Å². The predicted molar refractivity (Wildman–Crippen MR) is 133 cm³/mol. The Hall–Kier alpha value is -3.57. The lowest BCUT2D eigenvalue weighted by Gasteiger charge is -2.17. The van der Waals surface area contributed by atoms with Gasteiger partial charge in [-0.15, -0.1) is 0 Å². The van der Waals surface area contributed by atoms with Crippen molar-refractivity contribution < 1.29 is 19.4 Å². The monoisotopic (exact) mass is 498 g/mol. The maximum absolute atomic E-state index is 12.9. The molecule has 0 aliphatic carbocycles. The van der Waals surface area contributed by atoms with Gasteiger partial charge in [-0.1, -0.05) is 48.2 Å². The summed E-state index contributed by atoms with van der Waals surface area (Å²) in [6.45, 7) is 3.52. The van der Waals surface area contributed by atoms with Gasteiger partial charge in [0.25, 0.3) is 5.56 Å². The zero-order valence-electron chi connectivity index (χ0n) is 19.6. The van der Waals surface area contributed by atoms with Crippen LogP contribution in [-0.4, -0.2) is 54.7 Å². The van der Waals surface area contributed by atoms with Gasteiger partial charge in [0.05, 0.1) is 13.2 Å². The first kappa shape index (κ1) is 24.6. The number of aromatic amines is 1. The van der Waals surface area contributed by atoms with Crippen molar-refractivity contribution in [2.24, 2.45) is 7.05 Å². The number of nitrogens with zero attached hydrogens (tertiary/aromatic N) is 3. The summed E-state index contributed by atoms with van der Waals surface area (Å²) in [5.41, 5.74) is -0.968. The van der Waals surface area contributed by atoms with E-state index in [4.69, 9.17) is 9.47 Å². The molecular weight excluding hydrogens is 472 g/mol. The summed E-state index contributed by atoms with van der Waals surface area (Å²) < 4.78 is 13.4. The van der Waals surface area contributed by atoms with E-state index >= 15 is 0 Å². The molecule has 2 heterocycles. The number of thioether (sulfide) groups is 1. The Kier molecular flexibility index (Phi) is 7.27. The first-order valence-corrected chi connectivity index (χ1v) is 12.0. The molecule has 0 aliphatic heterocycles. The first-order valence-electron chi connectivity index (χ1n) is 11.1. The molecule has 0 saturated heterocycles. The Morgan fingerprint density at radius 2 is 1.94 bits per heavy atom. The van der Waals surface area contributed by atoms with E-state index in [0.717, 1.165) is 27.1 Å². The second kappa shape index (κ2) is 10.4. The highest BCUT2D eigenvalue weighted by molar-refractivity contribution is 8.00. The van der Waals surface area contributed by atoms with Gasteiger partial charge >= 0.3 is 11.7 Å². The number of nitrogens with one attached hydrogen (secondary N) is 1. The van der Waals surface area contributed by atoms with Crippen molar-refractivity contribution in [1.82, 2.24) is 19.1 Å². The van der Waals surface area contributed by atoms with Crippen molar-refractivity contribution in [2.75, 3.05) is 13.2 Å². The van der Waals surface area contributed by atoms with E-state index < -0.39 is 28.6 Å². The van der Waals surface area contributed by atoms with Gasteiger partial charge < -0.3 is 19.1 Å². The van der Waals surface area contributed by atoms with Crippen molar-refractivity contribution in [3.05, 3.63) is 63.3 Å². The zero-order chi connectivity index (χ0) is 25.1. The molecule has 0 radical (unpaired) electrons. The fraction of sp³-hybridized carbons (Fsp3) is 0.333. The Morgan fingerprint density at radius 1 is 1.20 bits per heavy atom. The third-order valence-corrected chi connectivity index (χ3v) is 6.51. The second-order valence-electron chi connectivity index (χ2n) is 7.95. The standard InChI is InChI=1S/C24H26N4O6S/c1-4-33-22(31)14(2)35-24-26-20-19(21(30)27(3)23(32)25-20)28(24)12-16(29)13-34-18-11-7-9-15-8-5-6-10-17(15)18/h5-11,14,16,29H,4,12-13H2,1-3H3,(H,25,32). The van der Waals surface area contributed by atoms with Gasteiger partial charge in [-0.3, -0.25) is 19.1 Å². The number of imidazole rings is 1. The maximum atomic E-state index is 12.9. The fourth-order valence-electron chi connectivity index (χ4n) is 3.67. The van der Waals surface area contributed by atoms with E-state index in [1.165, 1.54) is 11.6 Å². The number of fused-ring (bicyclic) bond motifs is 2. The average Bonchev–Trinajstić information content (AvgIpc) is 3.17. The second-order valence-corrected chi connectivity index (χ2v) is 9.26. The molecule has 0 bridgehead atoms. The van der Waals surface area contributed by atoms with E-state index in [2.05, 4.69) is 9.97 Å². The lowest BCUT2D eigenvalue weighted by Crippen LogP contribution is -2.34. The van der Waals surface area contributed by atoms with Crippen LogP contribution in [0.25, 0.3) is 21.9 Å². The molecule has 2 atom stereocenters. The number of benzene rings is 2. The molecular formula is C24H26N4O6S. The number of esters is 1. The number of carbonyl (C=O) groups excluding carboxylic acids is 1. The third-order valence-electron chi connectivity index (χ3n) is 5.44. The number of ether oxygens (including phenoxy) is 2. The van der Waals surface area contributed by atoms with Crippen LogP contribution in [0.2, 0.25) is 0 Å². The highest BCUT2D eigenvalue weighted by Gasteiger charge is 2.24. The number of hydrogen-bond donors (Lipinski definition) is 2. The molecule has 35 heavy (non-hydrogen) atoms. The fourth-order valence-corrected chi connectivity index (χ4v) is 4.59. The number of aliphatic hydroxyl groups is 1. The van der Waals surface area contributed by atoms with Gasteiger partial charge in [0.2, 0.25) is 0 Å². The van der Waals surface area contributed by atoms with Crippen LogP contribution in [0.3, 0.4) is 0 Å². The van der Waals surface area contributed by atoms with Crippen LogP contribution >= 0.6 is 11.8 Å². The summed E-state index contributed by atoms with van der Waals surface area (Å²) in [5.74, 6) is 0.195. The van der Waals surface area contributed by atoms with Crippen LogP contribution in [0.1, 0.15) is 13.8 Å². The minimum atomic E-state index is -1.01. The van der Waals surface area contributed by atoms with Crippen molar-refractivity contribution in [3.8, 4) is 5.75 Å². The van der Waals surface area contributed by atoms with Crippen LogP contribution in [0.15, 0.2) is 57.2 Å². The van der Waals surface area contributed by atoms with Gasteiger partial charge in [-0.05, 0) is 25.3 Å². The number of hydrogen-bond acceptors (Lipinski definition) is 8. The smallest absolute Gasteiger partial charge is 0.329 e. The number of H-pyrrole nitrogens is 1. The van der Waals surface area contributed by atoms with E-state index in [1.807, 2.05) is 42.5 Å². The summed E-state index contributed by atoms with van der Waals surface area (Å²) in [6, 6.07) is 13.4. The van der Waals surface area contributed by atoms with Gasteiger partial charge in [0, 0.05) is 12.4 Å². The summed E-state index contributed by atoms with van der Waals surface area (Å²) in [4.78, 5) is 44.1.